The monoisotopic (exact) mass is 466 g/mol. The molecule has 1 amide bonds. The van der Waals surface area contributed by atoms with Crippen molar-refractivity contribution in [1.82, 2.24) is 9.55 Å². The zero-order valence-electron chi connectivity index (χ0n) is 13.6. The normalized spacial score (nSPS) is 10.6. The largest absolute Gasteiger partial charge is 0.324 e. The molecule has 0 aliphatic carbocycles. The number of amides is 1. The highest BCUT2D eigenvalue weighted by atomic mass is 79.9. The van der Waals surface area contributed by atoms with E-state index in [-0.39, 0.29) is 22.4 Å². The Balaban J connectivity index is 1.64. The predicted octanol–water partition coefficient (Wildman–Crippen LogP) is 4.93. The Labute approximate surface area is 172 Å². The molecule has 0 saturated carbocycles. The fraction of sp³-hybridized carbons (Fsp3) is 0.0588. The molecule has 0 bridgehead atoms. The molecule has 0 aliphatic rings. The standard InChI is InChI=1S/C17H12BrClN4O3S/c18-11-1-3-12(4-2-11)22-8-7-20-17(22)27-10-16(24)21-15-6-5-13(23(25)26)9-14(15)19/h1-9H,10H2,(H,21,24). The lowest BCUT2D eigenvalue weighted by Crippen LogP contribution is -2.15. The topological polar surface area (TPSA) is 90.1 Å². The third-order valence-corrected chi connectivity index (χ3v) is 5.29. The van der Waals surface area contributed by atoms with Gasteiger partial charge in [-0.05, 0) is 30.3 Å². The van der Waals surface area contributed by atoms with Crippen molar-refractivity contribution in [2.75, 3.05) is 11.1 Å². The minimum absolute atomic E-state index is 0.110. The number of halogens is 2. The van der Waals surface area contributed by atoms with Crippen LogP contribution in [0.15, 0.2) is 64.5 Å². The molecule has 2 aromatic carbocycles. The summed E-state index contributed by atoms with van der Waals surface area (Å²) in [7, 11) is 0. The fourth-order valence-electron chi connectivity index (χ4n) is 2.23. The first-order valence-electron chi connectivity index (χ1n) is 7.60. The van der Waals surface area contributed by atoms with Crippen molar-refractivity contribution in [3.63, 3.8) is 0 Å². The number of nitro benzene ring substituents is 1. The minimum Gasteiger partial charge on any atom is -0.324 e. The summed E-state index contributed by atoms with van der Waals surface area (Å²) in [5.74, 6) is -0.179. The van der Waals surface area contributed by atoms with Crippen LogP contribution in [0, 0.1) is 10.1 Å². The van der Waals surface area contributed by atoms with Gasteiger partial charge in [-0.15, -0.1) is 0 Å². The van der Waals surface area contributed by atoms with Crippen LogP contribution in [-0.4, -0.2) is 26.1 Å². The van der Waals surface area contributed by atoms with Crippen LogP contribution in [-0.2, 0) is 4.79 Å². The summed E-state index contributed by atoms with van der Waals surface area (Å²) in [6, 6.07) is 11.6. The molecule has 7 nitrogen and oxygen atoms in total. The number of nitrogens with zero attached hydrogens (tertiary/aromatic N) is 3. The Morgan fingerprint density at radius 3 is 2.70 bits per heavy atom. The van der Waals surface area contributed by atoms with Crippen LogP contribution in [0.5, 0.6) is 0 Å². The SMILES string of the molecule is O=C(CSc1nccn1-c1ccc(Br)cc1)Nc1ccc([N+](=O)[O-])cc1Cl. The second-order valence-corrected chi connectivity index (χ2v) is 7.58. The molecule has 0 fully saturated rings. The van der Waals surface area contributed by atoms with Crippen molar-refractivity contribution in [2.45, 2.75) is 5.16 Å². The zero-order chi connectivity index (χ0) is 19.4. The van der Waals surface area contributed by atoms with Crippen molar-refractivity contribution in [1.29, 1.82) is 0 Å². The van der Waals surface area contributed by atoms with Gasteiger partial charge in [0.1, 0.15) is 0 Å². The smallest absolute Gasteiger partial charge is 0.271 e. The first kappa shape index (κ1) is 19.4. The van der Waals surface area contributed by atoms with Crippen LogP contribution in [0.2, 0.25) is 5.02 Å². The lowest BCUT2D eigenvalue weighted by atomic mass is 10.3. The van der Waals surface area contributed by atoms with E-state index in [0.29, 0.717) is 10.8 Å². The van der Waals surface area contributed by atoms with Crippen molar-refractivity contribution < 1.29 is 9.72 Å². The summed E-state index contributed by atoms with van der Waals surface area (Å²) >= 11 is 10.7. The molecular formula is C17H12BrClN4O3S. The molecule has 3 aromatic rings. The average Bonchev–Trinajstić information content (AvgIpc) is 3.10. The fourth-order valence-corrected chi connectivity index (χ4v) is 3.49. The Kier molecular flexibility index (Phi) is 6.15. The molecule has 10 heteroatoms. The summed E-state index contributed by atoms with van der Waals surface area (Å²) < 4.78 is 2.85. The van der Waals surface area contributed by atoms with Crippen LogP contribution in [0.25, 0.3) is 5.69 Å². The van der Waals surface area contributed by atoms with E-state index in [1.165, 1.54) is 30.0 Å². The lowest BCUT2D eigenvalue weighted by molar-refractivity contribution is -0.384. The third kappa shape index (κ3) is 4.88. The van der Waals surface area contributed by atoms with Gasteiger partial charge in [0.25, 0.3) is 5.69 Å². The van der Waals surface area contributed by atoms with Gasteiger partial charge in [-0.3, -0.25) is 19.5 Å². The van der Waals surface area contributed by atoms with Gasteiger partial charge in [0.15, 0.2) is 5.16 Å². The van der Waals surface area contributed by atoms with Gasteiger partial charge in [0.05, 0.1) is 21.4 Å². The van der Waals surface area contributed by atoms with Gasteiger partial charge in [-0.2, -0.15) is 0 Å². The van der Waals surface area contributed by atoms with Crippen LogP contribution in [0.3, 0.4) is 0 Å². The number of imidazole rings is 1. The molecule has 1 aromatic heterocycles. The molecule has 27 heavy (non-hydrogen) atoms. The maximum atomic E-state index is 12.2. The Hall–Kier alpha value is -2.36. The van der Waals surface area contributed by atoms with E-state index in [2.05, 4.69) is 26.2 Å². The predicted molar refractivity (Wildman–Crippen MR) is 109 cm³/mol. The van der Waals surface area contributed by atoms with E-state index in [1.54, 1.807) is 6.20 Å². The number of hydrogen-bond donors (Lipinski definition) is 1. The average molecular weight is 468 g/mol. The van der Waals surface area contributed by atoms with Gasteiger partial charge >= 0.3 is 0 Å². The van der Waals surface area contributed by atoms with Crippen molar-refractivity contribution in [3.05, 3.63) is 74.5 Å². The van der Waals surface area contributed by atoms with E-state index in [9.17, 15) is 14.9 Å². The van der Waals surface area contributed by atoms with Crippen molar-refractivity contribution >= 4 is 56.6 Å². The molecule has 0 saturated heterocycles. The van der Waals surface area contributed by atoms with Gasteiger partial charge < -0.3 is 5.32 Å². The quantitative estimate of drug-likeness (QED) is 0.315. The highest BCUT2D eigenvalue weighted by molar-refractivity contribution is 9.10. The van der Waals surface area contributed by atoms with Crippen LogP contribution in [0.4, 0.5) is 11.4 Å². The molecule has 1 N–H and O–H groups in total. The van der Waals surface area contributed by atoms with Gasteiger partial charge in [-0.25, -0.2) is 4.98 Å². The number of nitrogens with one attached hydrogen (secondary N) is 1. The first-order chi connectivity index (χ1) is 12.9. The first-order valence-corrected chi connectivity index (χ1v) is 9.75. The molecule has 1 heterocycles. The number of non-ortho nitro benzene ring substituents is 1. The second kappa shape index (κ2) is 8.55. The number of anilines is 1. The molecule has 3 rings (SSSR count). The molecular weight excluding hydrogens is 456 g/mol. The Morgan fingerprint density at radius 1 is 1.30 bits per heavy atom. The number of thioether (sulfide) groups is 1. The Bertz CT molecular complexity index is 994. The molecule has 0 spiro atoms. The highest BCUT2D eigenvalue weighted by Crippen LogP contribution is 2.27. The number of aromatic nitrogens is 2. The zero-order valence-corrected chi connectivity index (χ0v) is 16.8. The summed E-state index contributed by atoms with van der Waals surface area (Å²) in [6.45, 7) is 0. The van der Waals surface area contributed by atoms with E-state index < -0.39 is 4.92 Å². The lowest BCUT2D eigenvalue weighted by Gasteiger charge is -2.09. The van der Waals surface area contributed by atoms with Crippen LogP contribution in [0.1, 0.15) is 0 Å². The molecule has 0 radical (unpaired) electrons. The number of rotatable bonds is 6. The summed E-state index contributed by atoms with van der Waals surface area (Å²) in [5, 5.41) is 14.2. The third-order valence-electron chi connectivity index (χ3n) is 3.48. The maximum absolute atomic E-state index is 12.2. The molecule has 0 atom stereocenters. The molecule has 138 valence electrons. The van der Waals surface area contributed by atoms with Gasteiger partial charge in [0, 0.05) is 34.7 Å². The number of nitro groups is 1. The second-order valence-electron chi connectivity index (χ2n) is 5.31. The maximum Gasteiger partial charge on any atom is 0.271 e. The van der Waals surface area contributed by atoms with E-state index >= 15 is 0 Å². The van der Waals surface area contributed by atoms with Crippen LogP contribution >= 0.6 is 39.3 Å². The Morgan fingerprint density at radius 2 is 2.04 bits per heavy atom. The van der Waals surface area contributed by atoms with Crippen molar-refractivity contribution in [2.24, 2.45) is 0 Å². The number of benzene rings is 2. The van der Waals surface area contributed by atoms with Gasteiger partial charge in [-0.1, -0.05) is 39.3 Å². The molecule has 0 aliphatic heterocycles. The molecule has 0 unspecified atom stereocenters. The van der Waals surface area contributed by atoms with Crippen molar-refractivity contribution in [3.8, 4) is 5.69 Å². The van der Waals surface area contributed by atoms with E-state index in [1.807, 2.05) is 35.0 Å². The highest BCUT2D eigenvalue weighted by Gasteiger charge is 2.13. The summed E-state index contributed by atoms with van der Waals surface area (Å²) in [4.78, 5) is 26.7. The van der Waals surface area contributed by atoms with Gasteiger partial charge in [0.2, 0.25) is 5.91 Å². The minimum atomic E-state index is -0.546. The summed E-state index contributed by atoms with van der Waals surface area (Å²) in [6.07, 6.45) is 3.48. The van der Waals surface area contributed by atoms with E-state index in [4.69, 9.17) is 11.6 Å². The number of carbonyl (C=O) groups is 1. The summed E-state index contributed by atoms with van der Waals surface area (Å²) in [5.41, 5.74) is 1.12. The van der Waals surface area contributed by atoms with Crippen LogP contribution < -0.4 is 5.32 Å². The van der Waals surface area contributed by atoms with E-state index in [0.717, 1.165) is 10.2 Å². The number of carbonyl (C=O) groups excluding carboxylic acids is 1. The number of hydrogen-bond acceptors (Lipinski definition) is 5.